The topological polar surface area (TPSA) is 136 Å². The third-order valence-corrected chi connectivity index (χ3v) is 6.84. The molecule has 0 radical (unpaired) electrons. The maximum absolute atomic E-state index is 13.0. The van der Waals surface area contributed by atoms with E-state index in [4.69, 9.17) is 41.9 Å². The van der Waals surface area contributed by atoms with Gasteiger partial charge in [-0.05, 0) is 73.6 Å². The van der Waals surface area contributed by atoms with Crippen LogP contribution in [0.15, 0.2) is 28.9 Å². The molecule has 1 aliphatic rings. The molecule has 0 unspecified atom stereocenters. The molecular formula is C29H34Cl2N6O5. The second-order valence-corrected chi connectivity index (χ2v) is 12.5. The number of benzene rings is 1. The number of hydrogen-bond acceptors (Lipinski definition) is 10. The number of nitrogens with one attached hydrogen (secondary N) is 1. The minimum absolute atomic E-state index is 0.0604. The summed E-state index contributed by atoms with van der Waals surface area (Å²) in [4.78, 5) is 23.4. The normalized spacial score (nSPS) is 18.2. The van der Waals surface area contributed by atoms with Crippen LogP contribution < -0.4 is 10.1 Å². The Morgan fingerprint density at radius 2 is 1.88 bits per heavy atom. The number of carbonyl (C=O) groups is 1. The summed E-state index contributed by atoms with van der Waals surface area (Å²) < 4.78 is 23.2. The van der Waals surface area contributed by atoms with Gasteiger partial charge in [-0.25, -0.2) is 9.78 Å². The first-order valence-corrected chi connectivity index (χ1v) is 14.2. The highest BCUT2D eigenvalue weighted by molar-refractivity contribution is 6.37. The van der Waals surface area contributed by atoms with Crippen LogP contribution in [0.4, 0.5) is 10.6 Å². The molecular weight excluding hydrogens is 583 g/mol. The lowest BCUT2D eigenvalue weighted by atomic mass is 10.1. The van der Waals surface area contributed by atoms with E-state index in [0.717, 1.165) is 0 Å². The van der Waals surface area contributed by atoms with Crippen LogP contribution in [0, 0.1) is 11.3 Å². The second kappa shape index (κ2) is 12.0. The second-order valence-electron chi connectivity index (χ2n) is 11.7. The first kappa shape index (κ1) is 31.3. The molecule has 1 N–H and O–H groups in total. The Balaban J connectivity index is 1.53. The van der Waals surface area contributed by atoms with E-state index in [-0.39, 0.29) is 46.3 Å². The third-order valence-electron chi connectivity index (χ3n) is 6.28. The first-order valence-electron chi connectivity index (χ1n) is 13.4. The molecule has 1 aromatic carbocycles. The van der Waals surface area contributed by atoms with Gasteiger partial charge < -0.3 is 24.1 Å². The first-order chi connectivity index (χ1) is 19.6. The standard InChI is InChI=1S/C29H34Cl2N6O5/c1-15(2)34-24-18(12-32)9-19(13-33-24)26-35-25(36-42-26)17-10-20(30)23(21(31)11-17)39-14-22-16(3)40-29(7,8)37(22)27(38)41-28(4,5)6/h9-11,13,15-16,22H,14H2,1-8H3,(H,33,34)/t16-,22+/m1/s1. The number of hydrogen-bond donors (Lipinski definition) is 1. The van der Waals surface area contributed by atoms with Crippen molar-refractivity contribution in [3.8, 4) is 34.7 Å². The molecule has 3 heterocycles. The number of amides is 1. The van der Waals surface area contributed by atoms with Crippen molar-refractivity contribution in [1.82, 2.24) is 20.0 Å². The Hall–Kier alpha value is -3.59. The van der Waals surface area contributed by atoms with Crippen LogP contribution in [-0.4, -0.2) is 62.2 Å². The van der Waals surface area contributed by atoms with E-state index in [9.17, 15) is 10.1 Å². The lowest BCUT2D eigenvalue weighted by Crippen LogP contribution is -2.52. The van der Waals surface area contributed by atoms with E-state index in [0.29, 0.717) is 22.5 Å². The van der Waals surface area contributed by atoms with Gasteiger partial charge in [-0.1, -0.05) is 28.4 Å². The summed E-state index contributed by atoms with van der Waals surface area (Å²) in [5.41, 5.74) is -0.248. The van der Waals surface area contributed by atoms with Crippen molar-refractivity contribution in [2.75, 3.05) is 11.9 Å². The summed E-state index contributed by atoms with van der Waals surface area (Å²) in [5, 5.41) is 17.2. The van der Waals surface area contributed by atoms with Crippen molar-refractivity contribution in [2.45, 2.75) is 84.9 Å². The summed E-state index contributed by atoms with van der Waals surface area (Å²) in [6.07, 6.45) is 0.706. The molecule has 2 atom stereocenters. The van der Waals surface area contributed by atoms with Gasteiger partial charge >= 0.3 is 6.09 Å². The van der Waals surface area contributed by atoms with E-state index in [2.05, 4.69) is 26.5 Å². The Morgan fingerprint density at radius 3 is 2.48 bits per heavy atom. The molecule has 1 amide bonds. The molecule has 0 spiro atoms. The van der Waals surface area contributed by atoms with Gasteiger partial charge in [0, 0.05) is 17.8 Å². The maximum atomic E-state index is 13.0. The van der Waals surface area contributed by atoms with Gasteiger partial charge in [-0.15, -0.1) is 0 Å². The van der Waals surface area contributed by atoms with Gasteiger partial charge in [0.05, 0.1) is 33.3 Å². The van der Waals surface area contributed by atoms with E-state index < -0.39 is 23.5 Å². The van der Waals surface area contributed by atoms with Crippen LogP contribution in [0.2, 0.25) is 10.0 Å². The minimum atomic E-state index is -0.904. The summed E-state index contributed by atoms with van der Waals surface area (Å²) in [7, 11) is 0. The Bertz CT molecular complexity index is 1490. The molecule has 1 aliphatic heterocycles. The Kier molecular flexibility index (Phi) is 8.92. The number of rotatable bonds is 7. The van der Waals surface area contributed by atoms with E-state index in [1.807, 2.05) is 20.8 Å². The molecule has 224 valence electrons. The van der Waals surface area contributed by atoms with Crippen LogP contribution in [0.5, 0.6) is 5.75 Å². The van der Waals surface area contributed by atoms with Crippen LogP contribution in [0.25, 0.3) is 22.8 Å². The maximum Gasteiger partial charge on any atom is 0.413 e. The van der Waals surface area contributed by atoms with Crippen molar-refractivity contribution >= 4 is 35.1 Å². The van der Waals surface area contributed by atoms with Gasteiger partial charge in [-0.3, -0.25) is 4.90 Å². The average Bonchev–Trinajstić information content (AvgIpc) is 3.44. The highest BCUT2D eigenvalue weighted by Gasteiger charge is 2.50. The predicted molar refractivity (Wildman–Crippen MR) is 158 cm³/mol. The Labute approximate surface area is 255 Å². The number of halogens is 2. The molecule has 4 rings (SSSR count). The highest BCUT2D eigenvalue weighted by Crippen LogP contribution is 2.39. The van der Waals surface area contributed by atoms with Gasteiger partial charge in [0.1, 0.15) is 29.8 Å². The monoisotopic (exact) mass is 616 g/mol. The molecule has 0 bridgehead atoms. The van der Waals surface area contributed by atoms with Gasteiger partial charge in [-0.2, -0.15) is 10.2 Å². The molecule has 2 aromatic heterocycles. The van der Waals surface area contributed by atoms with Crippen molar-refractivity contribution in [3.63, 3.8) is 0 Å². The highest BCUT2D eigenvalue weighted by atomic mass is 35.5. The molecule has 1 fully saturated rings. The summed E-state index contributed by atoms with van der Waals surface area (Å²) in [6, 6.07) is 6.62. The number of ether oxygens (including phenoxy) is 3. The fraction of sp³-hybridized carbons (Fsp3) is 0.483. The zero-order valence-corrected chi connectivity index (χ0v) is 26.3. The smallest absolute Gasteiger partial charge is 0.413 e. The molecule has 13 heteroatoms. The lowest BCUT2D eigenvalue weighted by Gasteiger charge is -2.35. The predicted octanol–water partition coefficient (Wildman–Crippen LogP) is 6.94. The third kappa shape index (κ3) is 6.89. The zero-order chi connectivity index (χ0) is 31.0. The van der Waals surface area contributed by atoms with E-state index in [1.54, 1.807) is 59.0 Å². The van der Waals surface area contributed by atoms with Crippen LogP contribution >= 0.6 is 23.2 Å². The molecule has 0 saturated carbocycles. The molecule has 3 aromatic rings. The quantitative estimate of drug-likeness (QED) is 0.297. The SMILES string of the molecule is CC(C)Nc1ncc(-c2nc(-c3cc(Cl)c(OC[C@H]4[C@@H](C)OC(C)(C)N4C(=O)OC(C)(C)C)c(Cl)c3)no2)cc1C#N. The number of carbonyl (C=O) groups excluding carboxylic acids is 1. The van der Waals surface area contributed by atoms with Gasteiger partial charge in [0.15, 0.2) is 5.75 Å². The van der Waals surface area contributed by atoms with Gasteiger partial charge in [0.2, 0.25) is 5.82 Å². The largest absolute Gasteiger partial charge is 0.488 e. The van der Waals surface area contributed by atoms with Crippen LogP contribution in [-0.2, 0) is 9.47 Å². The van der Waals surface area contributed by atoms with Crippen molar-refractivity contribution < 1.29 is 23.5 Å². The summed E-state index contributed by atoms with van der Waals surface area (Å²) >= 11 is 13.2. The number of nitrogens with zero attached hydrogens (tertiary/aromatic N) is 5. The van der Waals surface area contributed by atoms with Crippen molar-refractivity contribution in [2.24, 2.45) is 0 Å². The average molecular weight is 618 g/mol. The molecule has 11 nitrogen and oxygen atoms in total. The van der Waals surface area contributed by atoms with Crippen molar-refractivity contribution in [1.29, 1.82) is 5.26 Å². The van der Waals surface area contributed by atoms with Crippen LogP contribution in [0.1, 0.15) is 61.0 Å². The van der Waals surface area contributed by atoms with E-state index >= 15 is 0 Å². The number of nitriles is 1. The minimum Gasteiger partial charge on any atom is -0.488 e. The molecule has 0 aliphatic carbocycles. The molecule has 1 saturated heterocycles. The van der Waals surface area contributed by atoms with Gasteiger partial charge in [0.25, 0.3) is 5.89 Å². The lowest BCUT2D eigenvalue weighted by molar-refractivity contribution is -0.0760. The summed E-state index contributed by atoms with van der Waals surface area (Å²) in [5.74, 6) is 1.13. The fourth-order valence-corrected chi connectivity index (χ4v) is 5.18. The zero-order valence-electron chi connectivity index (χ0n) is 24.8. The van der Waals surface area contributed by atoms with Crippen LogP contribution in [0.3, 0.4) is 0 Å². The van der Waals surface area contributed by atoms with E-state index in [1.165, 1.54) is 4.90 Å². The van der Waals surface area contributed by atoms with Crippen molar-refractivity contribution in [3.05, 3.63) is 40.0 Å². The number of anilines is 1. The Morgan fingerprint density at radius 1 is 1.21 bits per heavy atom. The number of pyridine rings is 1. The number of aromatic nitrogens is 3. The molecule has 42 heavy (non-hydrogen) atoms. The summed E-state index contributed by atoms with van der Waals surface area (Å²) in [6.45, 7) is 14.9. The fourth-order valence-electron chi connectivity index (χ4n) is 4.58.